The van der Waals surface area contributed by atoms with E-state index in [4.69, 9.17) is 9.47 Å². The van der Waals surface area contributed by atoms with Crippen molar-refractivity contribution < 1.29 is 19.1 Å². The number of ether oxygens (including phenoxy) is 2. The molecule has 2 aromatic heterocycles. The van der Waals surface area contributed by atoms with Gasteiger partial charge in [0.15, 0.2) is 11.5 Å². The first kappa shape index (κ1) is 19.8. The molecule has 3 rings (SSSR count). The molecule has 2 amide bonds. The van der Waals surface area contributed by atoms with Crippen LogP contribution in [0.25, 0.3) is 0 Å². The van der Waals surface area contributed by atoms with E-state index in [-0.39, 0.29) is 11.6 Å². The molecule has 0 unspecified atom stereocenters. The van der Waals surface area contributed by atoms with E-state index in [1.807, 2.05) is 6.07 Å². The molecule has 1 aromatic carbocycles. The summed E-state index contributed by atoms with van der Waals surface area (Å²) in [6.07, 6.45) is 4.76. The van der Waals surface area contributed by atoms with Gasteiger partial charge in [0.25, 0.3) is 11.8 Å². The highest BCUT2D eigenvalue weighted by molar-refractivity contribution is 6.04. The summed E-state index contributed by atoms with van der Waals surface area (Å²) in [6.45, 7) is 0.335. The van der Waals surface area contributed by atoms with Gasteiger partial charge < -0.3 is 20.1 Å². The molecular formula is C21H20N4O4. The first-order valence-electron chi connectivity index (χ1n) is 8.77. The second kappa shape index (κ2) is 9.32. The van der Waals surface area contributed by atoms with Gasteiger partial charge >= 0.3 is 0 Å². The van der Waals surface area contributed by atoms with Crippen LogP contribution in [0.15, 0.2) is 61.1 Å². The molecule has 8 heteroatoms. The molecule has 0 aliphatic rings. The van der Waals surface area contributed by atoms with E-state index in [1.165, 1.54) is 26.5 Å². The Morgan fingerprint density at radius 3 is 2.52 bits per heavy atom. The summed E-state index contributed by atoms with van der Waals surface area (Å²) in [6, 6.07) is 11.7. The van der Waals surface area contributed by atoms with Crippen LogP contribution in [0.5, 0.6) is 11.5 Å². The number of anilines is 1. The van der Waals surface area contributed by atoms with Crippen molar-refractivity contribution in [3.05, 3.63) is 77.9 Å². The van der Waals surface area contributed by atoms with Crippen molar-refractivity contribution in [2.24, 2.45) is 0 Å². The molecule has 8 nitrogen and oxygen atoms in total. The molecule has 29 heavy (non-hydrogen) atoms. The summed E-state index contributed by atoms with van der Waals surface area (Å²) < 4.78 is 10.4. The summed E-state index contributed by atoms with van der Waals surface area (Å²) in [4.78, 5) is 33.0. The van der Waals surface area contributed by atoms with Crippen molar-refractivity contribution in [3.63, 3.8) is 0 Å². The number of aromatic nitrogens is 2. The van der Waals surface area contributed by atoms with Gasteiger partial charge in [-0.3, -0.25) is 19.6 Å². The highest BCUT2D eigenvalue weighted by atomic mass is 16.5. The number of carbonyl (C=O) groups is 2. The molecule has 0 saturated carbocycles. The Kier molecular flexibility index (Phi) is 6.36. The normalized spacial score (nSPS) is 10.1. The van der Waals surface area contributed by atoms with Crippen molar-refractivity contribution in [2.45, 2.75) is 6.54 Å². The average molecular weight is 392 g/mol. The number of amides is 2. The maximum Gasteiger partial charge on any atom is 0.274 e. The van der Waals surface area contributed by atoms with Gasteiger partial charge in [-0.05, 0) is 35.9 Å². The zero-order chi connectivity index (χ0) is 20.6. The predicted octanol–water partition coefficient (Wildman–Crippen LogP) is 2.68. The molecule has 0 radical (unpaired) electrons. The molecule has 0 saturated heterocycles. The van der Waals surface area contributed by atoms with Gasteiger partial charge in [0, 0.05) is 42.5 Å². The number of nitrogens with one attached hydrogen (secondary N) is 2. The van der Waals surface area contributed by atoms with Crippen molar-refractivity contribution in [1.82, 2.24) is 15.3 Å². The fourth-order valence-electron chi connectivity index (χ4n) is 2.59. The van der Waals surface area contributed by atoms with Crippen LogP contribution >= 0.6 is 0 Å². The van der Waals surface area contributed by atoms with Crippen molar-refractivity contribution in [1.29, 1.82) is 0 Å². The molecule has 0 aliphatic carbocycles. The maximum atomic E-state index is 12.5. The van der Waals surface area contributed by atoms with Crippen LogP contribution in [-0.4, -0.2) is 36.0 Å². The molecule has 0 bridgehead atoms. The summed E-state index contributed by atoms with van der Waals surface area (Å²) in [7, 11) is 3.05. The zero-order valence-electron chi connectivity index (χ0n) is 16.0. The third-order valence-corrected chi connectivity index (χ3v) is 4.07. The fraction of sp³-hybridized carbons (Fsp3) is 0.143. The molecule has 0 aliphatic heterocycles. The van der Waals surface area contributed by atoms with Gasteiger partial charge in [0.1, 0.15) is 5.69 Å². The molecular weight excluding hydrogens is 372 g/mol. The molecule has 2 heterocycles. The molecule has 0 spiro atoms. The summed E-state index contributed by atoms with van der Waals surface area (Å²) in [5.41, 5.74) is 1.84. The Morgan fingerprint density at radius 1 is 0.966 bits per heavy atom. The summed E-state index contributed by atoms with van der Waals surface area (Å²) in [5, 5.41) is 5.52. The second-order valence-electron chi connectivity index (χ2n) is 6.00. The zero-order valence-corrected chi connectivity index (χ0v) is 16.0. The minimum absolute atomic E-state index is 0.119. The number of hydrogen-bond donors (Lipinski definition) is 2. The number of methoxy groups -OCH3 is 2. The number of hydrogen-bond acceptors (Lipinski definition) is 6. The maximum absolute atomic E-state index is 12.5. The molecule has 2 N–H and O–H groups in total. The van der Waals surface area contributed by atoms with Gasteiger partial charge in [-0.15, -0.1) is 0 Å². The highest BCUT2D eigenvalue weighted by Gasteiger charge is 2.13. The van der Waals surface area contributed by atoms with Gasteiger partial charge in [-0.25, -0.2) is 0 Å². The Balaban J connectivity index is 1.68. The minimum Gasteiger partial charge on any atom is -0.493 e. The number of carbonyl (C=O) groups excluding carboxylic acids is 2. The largest absolute Gasteiger partial charge is 0.493 e. The monoisotopic (exact) mass is 392 g/mol. The van der Waals surface area contributed by atoms with Crippen molar-refractivity contribution in [2.75, 3.05) is 19.5 Å². The van der Waals surface area contributed by atoms with Crippen LogP contribution in [0.1, 0.15) is 26.4 Å². The van der Waals surface area contributed by atoms with Crippen LogP contribution < -0.4 is 20.1 Å². The van der Waals surface area contributed by atoms with E-state index in [0.717, 1.165) is 5.56 Å². The number of benzene rings is 1. The van der Waals surface area contributed by atoms with Gasteiger partial charge in [0.05, 0.1) is 14.2 Å². The molecule has 3 aromatic rings. The summed E-state index contributed by atoms with van der Waals surface area (Å²) in [5.74, 6) is 0.285. The van der Waals surface area contributed by atoms with E-state index in [1.54, 1.807) is 42.7 Å². The van der Waals surface area contributed by atoms with Crippen LogP contribution in [0.3, 0.4) is 0 Å². The SMILES string of the molecule is COc1ccc(NC(=O)c2cc(C(=O)NCc3cccnc3)ccn2)cc1OC. The van der Waals surface area contributed by atoms with E-state index in [9.17, 15) is 9.59 Å². The predicted molar refractivity (Wildman–Crippen MR) is 107 cm³/mol. The number of rotatable bonds is 7. The second-order valence-corrected chi connectivity index (χ2v) is 6.00. The average Bonchev–Trinajstić information content (AvgIpc) is 2.78. The highest BCUT2D eigenvalue weighted by Crippen LogP contribution is 2.29. The molecule has 148 valence electrons. The van der Waals surface area contributed by atoms with E-state index < -0.39 is 5.91 Å². The molecule has 0 fully saturated rings. The number of pyridine rings is 2. The van der Waals surface area contributed by atoms with Crippen LogP contribution in [-0.2, 0) is 6.54 Å². The topological polar surface area (TPSA) is 102 Å². The molecule has 0 atom stereocenters. The lowest BCUT2D eigenvalue weighted by Gasteiger charge is -2.11. The third-order valence-electron chi connectivity index (χ3n) is 4.07. The van der Waals surface area contributed by atoms with Crippen molar-refractivity contribution in [3.8, 4) is 11.5 Å². The smallest absolute Gasteiger partial charge is 0.274 e. The van der Waals surface area contributed by atoms with E-state index in [0.29, 0.717) is 29.3 Å². The van der Waals surface area contributed by atoms with Crippen LogP contribution in [0.2, 0.25) is 0 Å². The summed E-state index contributed by atoms with van der Waals surface area (Å²) >= 11 is 0. The number of nitrogens with zero attached hydrogens (tertiary/aromatic N) is 2. The fourth-order valence-corrected chi connectivity index (χ4v) is 2.59. The third kappa shape index (κ3) is 5.07. The first-order valence-corrected chi connectivity index (χ1v) is 8.77. The van der Waals surface area contributed by atoms with Crippen LogP contribution in [0, 0.1) is 0 Å². The lowest BCUT2D eigenvalue weighted by atomic mass is 10.2. The van der Waals surface area contributed by atoms with Gasteiger partial charge in [0.2, 0.25) is 0 Å². The van der Waals surface area contributed by atoms with Gasteiger partial charge in [-0.1, -0.05) is 6.07 Å². The minimum atomic E-state index is -0.445. The standard InChI is InChI=1S/C21H20N4O4/c1-28-18-6-5-16(11-19(18)29-2)25-21(27)17-10-15(7-9-23-17)20(26)24-13-14-4-3-8-22-12-14/h3-12H,13H2,1-2H3,(H,24,26)(H,25,27). The quantitative estimate of drug-likeness (QED) is 0.641. The van der Waals surface area contributed by atoms with E-state index >= 15 is 0 Å². The Bertz CT molecular complexity index is 1010. The Hall–Kier alpha value is -3.94. The Labute approximate surface area is 167 Å². The van der Waals surface area contributed by atoms with E-state index in [2.05, 4.69) is 20.6 Å². The lowest BCUT2D eigenvalue weighted by molar-refractivity contribution is 0.0950. The first-order chi connectivity index (χ1) is 14.1. The van der Waals surface area contributed by atoms with Crippen molar-refractivity contribution >= 4 is 17.5 Å². The Morgan fingerprint density at radius 2 is 1.79 bits per heavy atom. The van der Waals surface area contributed by atoms with Crippen LogP contribution in [0.4, 0.5) is 5.69 Å². The lowest BCUT2D eigenvalue weighted by Crippen LogP contribution is -2.23. The van der Waals surface area contributed by atoms with Gasteiger partial charge in [-0.2, -0.15) is 0 Å².